The Morgan fingerprint density at radius 3 is 2.64 bits per heavy atom. The first kappa shape index (κ1) is 16.9. The molecule has 1 saturated carbocycles. The quantitative estimate of drug-likeness (QED) is 0.480. The van der Waals surface area contributed by atoms with Crippen molar-refractivity contribution in [3.63, 3.8) is 0 Å². The number of nitrogens with zero attached hydrogens (tertiary/aromatic N) is 2. The van der Waals surface area contributed by atoms with Gasteiger partial charge in [-0.2, -0.15) is 5.10 Å². The predicted octanol–water partition coefficient (Wildman–Crippen LogP) is 3.90. The second-order valence-corrected chi connectivity index (χ2v) is 5.99. The number of halogens is 1. The van der Waals surface area contributed by atoms with Crippen LogP contribution in [0.5, 0.6) is 11.5 Å². The van der Waals surface area contributed by atoms with Gasteiger partial charge in [0.25, 0.3) is 0 Å². The molecule has 0 radical (unpaired) electrons. The molecule has 1 amide bonds. The minimum Gasteiger partial charge on any atom is -0.450 e. The van der Waals surface area contributed by atoms with Gasteiger partial charge in [0.1, 0.15) is 5.75 Å². The molecule has 3 rings (SSSR count). The van der Waals surface area contributed by atoms with Crippen LogP contribution in [0.2, 0.25) is 5.02 Å². The number of carbonyl (C=O) groups excluding carboxylic acids is 1. The molecule has 1 aliphatic carbocycles. The van der Waals surface area contributed by atoms with Gasteiger partial charge in [-0.1, -0.05) is 11.6 Å². The number of hydrogen-bond acceptors (Lipinski definition) is 5. The molecule has 1 aliphatic rings. The first-order chi connectivity index (χ1) is 12.0. The Bertz CT molecular complexity index is 832. The number of nitro groups is 1. The molecule has 25 heavy (non-hydrogen) atoms. The number of rotatable bonds is 6. The van der Waals surface area contributed by atoms with E-state index in [1.807, 2.05) is 0 Å². The smallest absolute Gasteiger partial charge is 0.313 e. The summed E-state index contributed by atoms with van der Waals surface area (Å²) in [5.74, 6) is 0.575. The molecule has 0 aliphatic heterocycles. The molecule has 128 valence electrons. The third-order valence-corrected chi connectivity index (χ3v) is 3.80. The van der Waals surface area contributed by atoms with Gasteiger partial charge in [-0.25, -0.2) is 5.43 Å². The van der Waals surface area contributed by atoms with Crippen LogP contribution in [-0.2, 0) is 4.79 Å². The van der Waals surface area contributed by atoms with Gasteiger partial charge in [-0.05, 0) is 54.8 Å². The molecule has 0 bridgehead atoms. The van der Waals surface area contributed by atoms with Crippen LogP contribution in [0.4, 0.5) is 5.69 Å². The van der Waals surface area contributed by atoms with Gasteiger partial charge in [0.2, 0.25) is 11.7 Å². The Labute approximate surface area is 148 Å². The summed E-state index contributed by atoms with van der Waals surface area (Å²) in [7, 11) is 0. The number of ether oxygens (including phenoxy) is 1. The summed E-state index contributed by atoms with van der Waals surface area (Å²) >= 11 is 5.77. The van der Waals surface area contributed by atoms with E-state index in [-0.39, 0.29) is 28.3 Å². The molecular formula is C17H14ClN3O4. The molecule has 0 aromatic heterocycles. The van der Waals surface area contributed by atoms with E-state index in [1.165, 1.54) is 24.4 Å². The van der Waals surface area contributed by atoms with Gasteiger partial charge in [-0.15, -0.1) is 0 Å². The average molecular weight is 360 g/mol. The number of nitrogens with one attached hydrogen (secondary N) is 1. The summed E-state index contributed by atoms with van der Waals surface area (Å²) in [4.78, 5) is 22.0. The van der Waals surface area contributed by atoms with Gasteiger partial charge in [0, 0.05) is 17.0 Å². The Kier molecular flexibility index (Phi) is 4.95. The van der Waals surface area contributed by atoms with Crippen molar-refractivity contribution in [1.29, 1.82) is 0 Å². The van der Waals surface area contributed by atoms with Gasteiger partial charge in [0.15, 0.2) is 0 Å². The summed E-state index contributed by atoms with van der Waals surface area (Å²) in [6, 6.07) is 11.0. The lowest BCUT2D eigenvalue weighted by molar-refractivity contribution is -0.385. The standard InChI is InChI=1S/C17H14ClN3O4/c18-13-5-8-16(15(9-13)21(23)24)25-14-6-1-11(2-7-14)10-19-20-17(22)12-3-4-12/h1-2,5-10,12H,3-4H2,(H,20,22)/b19-10-. The highest BCUT2D eigenvalue weighted by Gasteiger charge is 2.29. The van der Waals surface area contributed by atoms with E-state index in [0.717, 1.165) is 18.4 Å². The number of hydrazone groups is 1. The number of amides is 1. The van der Waals surface area contributed by atoms with Crippen molar-refractivity contribution in [3.05, 3.63) is 63.2 Å². The van der Waals surface area contributed by atoms with E-state index in [4.69, 9.17) is 16.3 Å². The van der Waals surface area contributed by atoms with E-state index in [0.29, 0.717) is 5.75 Å². The third-order valence-electron chi connectivity index (χ3n) is 3.56. The highest BCUT2D eigenvalue weighted by molar-refractivity contribution is 6.30. The van der Waals surface area contributed by atoms with Crippen molar-refractivity contribution in [2.45, 2.75) is 12.8 Å². The lowest BCUT2D eigenvalue weighted by Gasteiger charge is -2.06. The molecule has 8 heteroatoms. The summed E-state index contributed by atoms with van der Waals surface area (Å²) < 4.78 is 5.55. The fourth-order valence-corrected chi connectivity index (χ4v) is 2.24. The minimum atomic E-state index is -0.551. The Morgan fingerprint density at radius 2 is 2.00 bits per heavy atom. The van der Waals surface area contributed by atoms with Crippen molar-refractivity contribution in [3.8, 4) is 11.5 Å². The molecule has 1 N–H and O–H groups in total. The molecular weight excluding hydrogens is 346 g/mol. The highest BCUT2D eigenvalue weighted by Crippen LogP contribution is 2.33. The van der Waals surface area contributed by atoms with Crippen LogP contribution in [0.3, 0.4) is 0 Å². The molecule has 0 saturated heterocycles. The third kappa shape index (κ3) is 4.54. The van der Waals surface area contributed by atoms with Crippen LogP contribution in [0.15, 0.2) is 47.6 Å². The summed E-state index contributed by atoms with van der Waals surface area (Å²) in [6.45, 7) is 0. The van der Waals surface area contributed by atoms with Crippen molar-refractivity contribution in [2.24, 2.45) is 11.0 Å². The Morgan fingerprint density at radius 1 is 1.28 bits per heavy atom. The molecule has 2 aromatic rings. The van der Waals surface area contributed by atoms with Crippen LogP contribution in [0.1, 0.15) is 18.4 Å². The lowest BCUT2D eigenvalue weighted by atomic mass is 10.2. The maximum Gasteiger partial charge on any atom is 0.313 e. The number of carbonyl (C=O) groups is 1. The normalized spacial score (nSPS) is 13.6. The molecule has 0 unspecified atom stereocenters. The maximum absolute atomic E-state index is 11.5. The van der Waals surface area contributed by atoms with Crippen molar-refractivity contribution < 1.29 is 14.5 Å². The second kappa shape index (κ2) is 7.31. The number of nitro benzene ring substituents is 1. The molecule has 1 fully saturated rings. The van der Waals surface area contributed by atoms with Crippen LogP contribution < -0.4 is 10.2 Å². The molecule has 0 atom stereocenters. The van der Waals surface area contributed by atoms with Crippen molar-refractivity contribution in [1.82, 2.24) is 5.43 Å². The van der Waals surface area contributed by atoms with Crippen LogP contribution >= 0.6 is 11.6 Å². The fraction of sp³-hybridized carbons (Fsp3) is 0.176. The van der Waals surface area contributed by atoms with Crippen LogP contribution in [0.25, 0.3) is 0 Å². The Balaban J connectivity index is 1.65. The van der Waals surface area contributed by atoms with Gasteiger partial charge < -0.3 is 4.74 Å². The van der Waals surface area contributed by atoms with E-state index in [9.17, 15) is 14.9 Å². The first-order valence-electron chi connectivity index (χ1n) is 7.58. The second-order valence-electron chi connectivity index (χ2n) is 5.55. The van der Waals surface area contributed by atoms with E-state index in [2.05, 4.69) is 10.5 Å². The van der Waals surface area contributed by atoms with Crippen LogP contribution in [-0.4, -0.2) is 17.0 Å². The van der Waals surface area contributed by atoms with Gasteiger partial charge in [-0.3, -0.25) is 14.9 Å². The minimum absolute atomic E-state index is 0.0637. The van der Waals surface area contributed by atoms with Gasteiger partial charge >= 0.3 is 5.69 Å². The van der Waals surface area contributed by atoms with Crippen LogP contribution in [0, 0.1) is 16.0 Å². The zero-order valence-corrected chi connectivity index (χ0v) is 13.8. The summed E-state index contributed by atoms with van der Waals surface area (Å²) in [5.41, 5.74) is 3.04. The zero-order chi connectivity index (χ0) is 17.8. The van der Waals surface area contributed by atoms with E-state index in [1.54, 1.807) is 24.3 Å². The predicted molar refractivity (Wildman–Crippen MR) is 93.1 cm³/mol. The number of benzene rings is 2. The molecule has 0 spiro atoms. The van der Waals surface area contributed by atoms with Crippen molar-refractivity contribution >= 4 is 29.4 Å². The van der Waals surface area contributed by atoms with Crippen molar-refractivity contribution in [2.75, 3.05) is 0 Å². The van der Waals surface area contributed by atoms with E-state index >= 15 is 0 Å². The largest absolute Gasteiger partial charge is 0.450 e. The Hall–Kier alpha value is -2.93. The first-order valence-corrected chi connectivity index (χ1v) is 7.95. The highest BCUT2D eigenvalue weighted by atomic mass is 35.5. The van der Waals surface area contributed by atoms with E-state index < -0.39 is 4.92 Å². The maximum atomic E-state index is 11.5. The lowest BCUT2D eigenvalue weighted by Crippen LogP contribution is -2.18. The summed E-state index contributed by atoms with van der Waals surface area (Å²) in [5, 5.41) is 15.2. The fourth-order valence-electron chi connectivity index (χ4n) is 2.08. The van der Waals surface area contributed by atoms with Gasteiger partial charge in [0.05, 0.1) is 11.1 Å². The number of hydrogen-bond donors (Lipinski definition) is 1. The monoisotopic (exact) mass is 359 g/mol. The zero-order valence-electron chi connectivity index (χ0n) is 13.0. The SMILES string of the molecule is O=C(N/N=C\c1ccc(Oc2ccc(Cl)cc2[N+](=O)[O-])cc1)C1CC1. The topological polar surface area (TPSA) is 93.8 Å². The average Bonchev–Trinajstić information content (AvgIpc) is 3.43. The molecule has 0 heterocycles. The molecule has 7 nitrogen and oxygen atoms in total. The summed E-state index contributed by atoms with van der Waals surface area (Å²) in [6.07, 6.45) is 3.36. The molecule has 2 aromatic carbocycles.